The minimum absolute atomic E-state index is 0.00996. The SMILES string of the molecule is COc1ccc(-c2cc(C)no2)cc1S(=O)(=O)CCC(=O)Nc1cc(C)cc(C)c1. The highest BCUT2D eigenvalue weighted by molar-refractivity contribution is 7.91. The maximum atomic E-state index is 13.0. The second-order valence-corrected chi connectivity index (χ2v) is 9.27. The minimum atomic E-state index is -3.78. The molecule has 0 spiro atoms. The van der Waals surface area contributed by atoms with Crippen molar-refractivity contribution in [2.45, 2.75) is 32.1 Å². The Morgan fingerprint density at radius 2 is 1.77 bits per heavy atom. The normalized spacial score (nSPS) is 11.3. The van der Waals surface area contributed by atoms with Gasteiger partial charge < -0.3 is 14.6 Å². The van der Waals surface area contributed by atoms with Crippen molar-refractivity contribution in [1.29, 1.82) is 0 Å². The van der Waals surface area contributed by atoms with Crippen molar-refractivity contribution in [3.05, 3.63) is 59.3 Å². The van der Waals surface area contributed by atoms with E-state index in [1.165, 1.54) is 13.2 Å². The summed E-state index contributed by atoms with van der Waals surface area (Å²) in [7, 11) is -2.38. The number of sulfone groups is 1. The summed E-state index contributed by atoms with van der Waals surface area (Å²) in [6, 6.07) is 12.1. The first-order valence-electron chi connectivity index (χ1n) is 9.40. The number of hydrogen-bond donors (Lipinski definition) is 1. The summed E-state index contributed by atoms with van der Waals surface area (Å²) in [6.45, 7) is 5.65. The number of anilines is 1. The number of amides is 1. The Labute approximate surface area is 176 Å². The number of benzene rings is 2. The molecule has 1 N–H and O–H groups in total. The highest BCUT2D eigenvalue weighted by Gasteiger charge is 2.23. The Hall–Kier alpha value is -3.13. The number of methoxy groups -OCH3 is 1. The zero-order valence-electron chi connectivity index (χ0n) is 17.4. The lowest BCUT2D eigenvalue weighted by Gasteiger charge is -2.11. The van der Waals surface area contributed by atoms with Crippen molar-refractivity contribution in [2.75, 3.05) is 18.2 Å². The van der Waals surface area contributed by atoms with Crippen molar-refractivity contribution in [1.82, 2.24) is 5.16 Å². The number of ether oxygens (including phenoxy) is 1. The van der Waals surface area contributed by atoms with Gasteiger partial charge in [0.05, 0.1) is 18.6 Å². The Balaban J connectivity index is 1.78. The van der Waals surface area contributed by atoms with Gasteiger partial charge in [-0.05, 0) is 62.2 Å². The molecule has 3 aromatic rings. The van der Waals surface area contributed by atoms with Crippen LogP contribution >= 0.6 is 0 Å². The monoisotopic (exact) mass is 428 g/mol. The minimum Gasteiger partial charge on any atom is -0.495 e. The van der Waals surface area contributed by atoms with Gasteiger partial charge in [0, 0.05) is 23.7 Å². The van der Waals surface area contributed by atoms with Gasteiger partial charge in [0.1, 0.15) is 10.6 Å². The topological polar surface area (TPSA) is 98.5 Å². The first-order chi connectivity index (χ1) is 14.2. The van der Waals surface area contributed by atoms with E-state index in [2.05, 4.69) is 10.5 Å². The van der Waals surface area contributed by atoms with Crippen LogP contribution < -0.4 is 10.1 Å². The number of aryl methyl sites for hydroxylation is 3. The van der Waals surface area contributed by atoms with Crippen LogP contribution in [0.4, 0.5) is 5.69 Å². The fourth-order valence-corrected chi connectivity index (χ4v) is 4.62. The van der Waals surface area contributed by atoms with E-state index in [1.54, 1.807) is 25.1 Å². The summed E-state index contributed by atoms with van der Waals surface area (Å²) in [5.74, 6) is -0.0489. The molecule has 0 aliphatic carbocycles. The van der Waals surface area contributed by atoms with Gasteiger partial charge in [-0.3, -0.25) is 4.79 Å². The average Bonchev–Trinajstić information content (AvgIpc) is 3.11. The lowest BCUT2D eigenvalue weighted by atomic mass is 10.1. The fraction of sp³-hybridized carbons (Fsp3) is 0.273. The van der Waals surface area contributed by atoms with E-state index >= 15 is 0 Å². The molecule has 158 valence electrons. The second-order valence-electron chi connectivity index (χ2n) is 7.19. The van der Waals surface area contributed by atoms with Gasteiger partial charge in [-0.25, -0.2) is 8.42 Å². The van der Waals surface area contributed by atoms with Crippen LogP contribution in [0.2, 0.25) is 0 Å². The van der Waals surface area contributed by atoms with E-state index in [0.717, 1.165) is 11.1 Å². The first-order valence-corrected chi connectivity index (χ1v) is 11.1. The van der Waals surface area contributed by atoms with E-state index in [0.29, 0.717) is 22.7 Å². The molecule has 0 fully saturated rings. The number of rotatable bonds is 7. The molecule has 0 aliphatic rings. The zero-order valence-corrected chi connectivity index (χ0v) is 18.2. The third kappa shape index (κ3) is 5.07. The van der Waals surface area contributed by atoms with Crippen molar-refractivity contribution in [2.24, 2.45) is 0 Å². The molecule has 0 atom stereocenters. The van der Waals surface area contributed by atoms with Crippen LogP contribution in [0, 0.1) is 20.8 Å². The molecule has 8 heteroatoms. The molecular formula is C22H24N2O5S. The predicted molar refractivity (Wildman–Crippen MR) is 114 cm³/mol. The molecule has 0 saturated carbocycles. The molecule has 0 unspecified atom stereocenters. The largest absolute Gasteiger partial charge is 0.495 e. The van der Waals surface area contributed by atoms with Crippen molar-refractivity contribution >= 4 is 21.4 Å². The maximum absolute atomic E-state index is 13.0. The molecular weight excluding hydrogens is 404 g/mol. The molecule has 1 aromatic heterocycles. The number of carbonyl (C=O) groups excluding carboxylic acids is 1. The molecule has 0 bridgehead atoms. The van der Waals surface area contributed by atoms with Gasteiger partial charge in [0.2, 0.25) is 5.91 Å². The summed E-state index contributed by atoms with van der Waals surface area (Å²) in [5, 5.41) is 6.59. The van der Waals surface area contributed by atoms with E-state index in [1.807, 2.05) is 32.0 Å². The number of carbonyl (C=O) groups is 1. The molecule has 0 aliphatic heterocycles. The Morgan fingerprint density at radius 1 is 1.07 bits per heavy atom. The fourth-order valence-electron chi connectivity index (χ4n) is 3.18. The van der Waals surface area contributed by atoms with Gasteiger partial charge in [-0.15, -0.1) is 0 Å². The maximum Gasteiger partial charge on any atom is 0.225 e. The van der Waals surface area contributed by atoms with Crippen LogP contribution in [0.25, 0.3) is 11.3 Å². The molecule has 3 rings (SSSR count). The molecule has 30 heavy (non-hydrogen) atoms. The van der Waals surface area contributed by atoms with Crippen LogP contribution in [-0.4, -0.2) is 32.3 Å². The summed E-state index contributed by atoms with van der Waals surface area (Å²) in [6.07, 6.45) is -0.176. The summed E-state index contributed by atoms with van der Waals surface area (Å²) < 4.78 is 36.4. The summed E-state index contributed by atoms with van der Waals surface area (Å²) >= 11 is 0. The van der Waals surface area contributed by atoms with Crippen LogP contribution in [0.15, 0.2) is 51.9 Å². The Morgan fingerprint density at radius 3 is 2.37 bits per heavy atom. The molecule has 1 amide bonds. The molecule has 0 saturated heterocycles. The standard InChI is InChI=1S/C22H24N2O5S/c1-14-9-15(2)11-18(10-14)23-22(25)7-8-30(26,27)21-13-17(5-6-19(21)28-4)20-12-16(3)24-29-20/h5-6,9-13H,7-8H2,1-4H3,(H,23,25). The molecule has 1 heterocycles. The van der Waals surface area contributed by atoms with Gasteiger partial charge >= 0.3 is 0 Å². The van der Waals surface area contributed by atoms with E-state index in [9.17, 15) is 13.2 Å². The van der Waals surface area contributed by atoms with Gasteiger partial charge in [0.25, 0.3) is 0 Å². The number of nitrogens with one attached hydrogen (secondary N) is 1. The smallest absolute Gasteiger partial charge is 0.225 e. The van der Waals surface area contributed by atoms with Gasteiger partial charge in [-0.1, -0.05) is 11.2 Å². The predicted octanol–water partition coefficient (Wildman–Crippen LogP) is 4.08. The quantitative estimate of drug-likeness (QED) is 0.609. The summed E-state index contributed by atoms with van der Waals surface area (Å²) in [5.41, 5.74) is 3.93. The zero-order chi connectivity index (χ0) is 21.9. The van der Waals surface area contributed by atoms with Crippen molar-refractivity contribution < 1.29 is 22.5 Å². The van der Waals surface area contributed by atoms with Gasteiger partial charge in [-0.2, -0.15) is 0 Å². The van der Waals surface area contributed by atoms with Crippen LogP contribution in [0.3, 0.4) is 0 Å². The van der Waals surface area contributed by atoms with Crippen molar-refractivity contribution in [3.8, 4) is 17.1 Å². The van der Waals surface area contributed by atoms with Crippen LogP contribution in [-0.2, 0) is 14.6 Å². The summed E-state index contributed by atoms with van der Waals surface area (Å²) in [4.78, 5) is 12.3. The van der Waals surface area contributed by atoms with E-state index < -0.39 is 9.84 Å². The van der Waals surface area contributed by atoms with E-state index in [-0.39, 0.29) is 28.7 Å². The highest BCUT2D eigenvalue weighted by Crippen LogP contribution is 2.31. The molecule has 2 aromatic carbocycles. The Kier molecular flexibility index (Phi) is 6.26. The third-order valence-electron chi connectivity index (χ3n) is 4.51. The average molecular weight is 429 g/mol. The van der Waals surface area contributed by atoms with Gasteiger partial charge in [0.15, 0.2) is 15.6 Å². The second kappa shape index (κ2) is 8.71. The Bertz CT molecular complexity index is 1160. The van der Waals surface area contributed by atoms with Crippen LogP contribution in [0.5, 0.6) is 5.75 Å². The third-order valence-corrected chi connectivity index (χ3v) is 6.25. The lowest BCUT2D eigenvalue weighted by molar-refractivity contribution is -0.115. The highest BCUT2D eigenvalue weighted by atomic mass is 32.2. The first kappa shape index (κ1) is 21.6. The molecule has 7 nitrogen and oxygen atoms in total. The van der Waals surface area contributed by atoms with Crippen LogP contribution in [0.1, 0.15) is 23.2 Å². The van der Waals surface area contributed by atoms with Crippen molar-refractivity contribution in [3.63, 3.8) is 0 Å². The van der Waals surface area contributed by atoms with E-state index in [4.69, 9.17) is 9.26 Å². The lowest BCUT2D eigenvalue weighted by Crippen LogP contribution is -2.18. The molecule has 0 radical (unpaired) electrons. The number of aromatic nitrogens is 1. The number of hydrogen-bond acceptors (Lipinski definition) is 6. The number of nitrogens with zero attached hydrogens (tertiary/aromatic N) is 1.